The summed E-state index contributed by atoms with van der Waals surface area (Å²) in [5.74, 6) is 1.68. The Morgan fingerprint density at radius 1 is 1.38 bits per heavy atom. The van der Waals surface area contributed by atoms with Crippen LogP contribution in [0.4, 0.5) is 0 Å². The number of amides is 1. The number of rotatable bonds is 7. The molecule has 0 spiro atoms. The molecule has 0 bridgehead atoms. The topological polar surface area (TPSA) is 59.6 Å². The van der Waals surface area contributed by atoms with Gasteiger partial charge < -0.3 is 20.1 Å². The van der Waals surface area contributed by atoms with Gasteiger partial charge in [0, 0.05) is 12.6 Å². The summed E-state index contributed by atoms with van der Waals surface area (Å²) in [6.07, 6.45) is 4.02. The molecule has 1 fully saturated rings. The van der Waals surface area contributed by atoms with E-state index in [0.717, 1.165) is 43.7 Å². The zero-order valence-electron chi connectivity index (χ0n) is 12.6. The average molecular weight is 292 g/mol. The minimum Gasteiger partial charge on any atom is -0.497 e. The van der Waals surface area contributed by atoms with E-state index in [1.807, 2.05) is 24.3 Å². The summed E-state index contributed by atoms with van der Waals surface area (Å²) < 4.78 is 10.8. The van der Waals surface area contributed by atoms with Gasteiger partial charge in [-0.25, -0.2) is 0 Å². The standard InChI is InChI=1S/C16H24N2O3/c1-20-13-6-4-7-14(12-13)21-11-5-10-18-16(19)15-8-2-3-9-17-15/h4,6-7,12,15,17H,2-3,5,8-11H2,1H3,(H,18,19). The molecule has 0 aromatic heterocycles. The molecular weight excluding hydrogens is 268 g/mol. The predicted octanol–water partition coefficient (Wildman–Crippen LogP) is 1.72. The van der Waals surface area contributed by atoms with Crippen LogP contribution < -0.4 is 20.1 Å². The molecule has 5 nitrogen and oxygen atoms in total. The molecule has 0 radical (unpaired) electrons. The second-order valence-electron chi connectivity index (χ2n) is 5.17. The van der Waals surface area contributed by atoms with E-state index >= 15 is 0 Å². The van der Waals surface area contributed by atoms with Gasteiger partial charge in [0.1, 0.15) is 11.5 Å². The van der Waals surface area contributed by atoms with Gasteiger partial charge >= 0.3 is 0 Å². The molecule has 21 heavy (non-hydrogen) atoms. The number of carbonyl (C=O) groups is 1. The normalized spacial score (nSPS) is 18.0. The van der Waals surface area contributed by atoms with Gasteiger partial charge in [-0.15, -0.1) is 0 Å². The maximum atomic E-state index is 11.9. The average Bonchev–Trinajstić information content (AvgIpc) is 2.55. The summed E-state index contributed by atoms with van der Waals surface area (Å²) in [7, 11) is 1.63. The fourth-order valence-corrected chi connectivity index (χ4v) is 2.36. The fraction of sp³-hybridized carbons (Fsp3) is 0.562. The van der Waals surface area contributed by atoms with E-state index in [9.17, 15) is 4.79 Å². The van der Waals surface area contributed by atoms with E-state index in [1.54, 1.807) is 7.11 Å². The Bertz CT molecular complexity index is 445. The highest BCUT2D eigenvalue weighted by atomic mass is 16.5. The van der Waals surface area contributed by atoms with Crippen LogP contribution in [0.25, 0.3) is 0 Å². The molecule has 1 aliphatic heterocycles. The van der Waals surface area contributed by atoms with Crippen LogP contribution in [0.1, 0.15) is 25.7 Å². The van der Waals surface area contributed by atoms with Gasteiger partial charge in [0.05, 0.1) is 19.8 Å². The van der Waals surface area contributed by atoms with Crippen molar-refractivity contribution in [2.45, 2.75) is 31.7 Å². The highest BCUT2D eigenvalue weighted by Crippen LogP contribution is 2.18. The van der Waals surface area contributed by atoms with Gasteiger partial charge in [0.15, 0.2) is 0 Å². The molecule has 1 amide bonds. The lowest BCUT2D eigenvalue weighted by atomic mass is 10.0. The third-order valence-corrected chi connectivity index (χ3v) is 3.56. The lowest BCUT2D eigenvalue weighted by molar-refractivity contribution is -0.123. The molecular formula is C16H24N2O3. The van der Waals surface area contributed by atoms with Crippen molar-refractivity contribution in [3.8, 4) is 11.5 Å². The molecule has 1 aromatic rings. The summed E-state index contributed by atoms with van der Waals surface area (Å²) in [6, 6.07) is 7.50. The van der Waals surface area contributed by atoms with Gasteiger partial charge in [0.25, 0.3) is 0 Å². The third kappa shape index (κ3) is 5.27. The van der Waals surface area contributed by atoms with Crippen molar-refractivity contribution in [1.82, 2.24) is 10.6 Å². The Morgan fingerprint density at radius 3 is 3.00 bits per heavy atom. The molecule has 2 rings (SSSR count). The van der Waals surface area contributed by atoms with E-state index in [0.29, 0.717) is 13.2 Å². The predicted molar refractivity (Wildman–Crippen MR) is 81.8 cm³/mol. The monoisotopic (exact) mass is 292 g/mol. The zero-order valence-corrected chi connectivity index (χ0v) is 12.6. The van der Waals surface area contributed by atoms with E-state index in [4.69, 9.17) is 9.47 Å². The largest absolute Gasteiger partial charge is 0.497 e. The number of hydrogen-bond donors (Lipinski definition) is 2. The second-order valence-corrected chi connectivity index (χ2v) is 5.17. The maximum absolute atomic E-state index is 11.9. The van der Waals surface area contributed by atoms with E-state index in [1.165, 1.54) is 0 Å². The molecule has 5 heteroatoms. The highest BCUT2D eigenvalue weighted by Gasteiger charge is 2.19. The van der Waals surface area contributed by atoms with E-state index < -0.39 is 0 Å². The number of carbonyl (C=O) groups excluding carboxylic acids is 1. The van der Waals surface area contributed by atoms with Crippen LogP contribution >= 0.6 is 0 Å². The fourth-order valence-electron chi connectivity index (χ4n) is 2.36. The van der Waals surface area contributed by atoms with Crippen molar-refractivity contribution >= 4 is 5.91 Å². The first kappa shape index (κ1) is 15.6. The third-order valence-electron chi connectivity index (χ3n) is 3.56. The van der Waals surface area contributed by atoms with Crippen molar-refractivity contribution in [1.29, 1.82) is 0 Å². The summed E-state index contributed by atoms with van der Waals surface area (Å²) >= 11 is 0. The van der Waals surface area contributed by atoms with Gasteiger partial charge in [-0.2, -0.15) is 0 Å². The zero-order chi connectivity index (χ0) is 14.9. The minimum absolute atomic E-state index is 0.0157. The van der Waals surface area contributed by atoms with Crippen LogP contribution in [-0.2, 0) is 4.79 Å². The first-order chi connectivity index (χ1) is 10.3. The number of piperidine rings is 1. The van der Waals surface area contributed by atoms with Crippen LogP contribution in [0, 0.1) is 0 Å². The molecule has 1 aromatic carbocycles. The van der Waals surface area contributed by atoms with Crippen LogP contribution in [0.15, 0.2) is 24.3 Å². The van der Waals surface area contributed by atoms with Crippen molar-refractivity contribution in [3.05, 3.63) is 24.3 Å². The van der Waals surface area contributed by atoms with Crippen molar-refractivity contribution in [3.63, 3.8) is 0 Å². The highest BCUT2D eigenvalue weighted by molar-refractivity contribution is 5.81. The number of ether oxygens (including phenoxy) is 2. The van der Waals surface area contributed by atoms with Gasteiger partial charge in [-0.1, -0.05) is 12.5 Å². The molecule has 1 saturated heterocycles. The molecule has 2 N–H and O–H groups in total. The van der Waals surface area contributed by atoms with E-state index in [2.05, 4.69) is 10.6 Å². The summed E-state index contributed by atoms with van der Waals surface area (Å²) in [4.78, 5) is 11.9. The lowest BCUT2D eigenvalue weighted by Crippen LogP contribution is -2.46. The molecule has 1 atom stereocenters. The van der Waals surface area contributed by atoms with Gasteiger partial charge in [0.2, 0.25) is 5.91 Å². The second kappa shape index (κ2) is 8.52. The van der Waals surface area contributed by atoms with Crippen LogP contribution in [0.5, 0.6) is 11.5 Å². The number of benzene rings is 1. The minimum atomic E-state index is -0.0157. The first-order valence-electron chi connectivity index (χ1n) is 7.57. The molecule has 0 aliphatic carbocycles. The SMILES string of the molecule is COc1cccc(OCCCNC(=O)C2CCCCN2)c1. The maximum Gasteiger partial charge on any atom is 0.237 e. The Balaban J connectivity index is 1.60. The first-order valence-corrected chi connectivity index (χ1v) is 7.57. The smallest absolute Gasteiger partial charge is 0.237 e. The number of nitrogens with one attached hydrogen (secondary N) is 2. The number of methoxy groups -OCH3 is 1. The van der Waals surface area contributed by atoms with Crippen LogP contribution in [0.3, 0.4) is 0 Å². The van der Waals surface area contributed by atoms with Gasteiger partial charge in [-0.05, 0) is 37.9 Å². The van der Waals surface area contributed by atoms with Crippen molar-refractivity contribution in [2.75, 3.05) is 26.8 Å². The Labute approximate surface area is 126 Å². The quantitative estimate of drug-likeness (QED) is 0.751. The Hall–Kier alpha value is -1.75. The lowest BCUT2D eigenvalue weighted by Gasteiger charge is -2.22. The molecule has 1 unspecified atom stereocenters. The summed E-state index contributed by atoms with van der Waals surface area (Å²) in [5, 5.41) is 6.20. The molecule has 116 valence electrons. The Morgan fingerprint density at radius 2 is 2.24 bits per heavy atom. The van der Waals surface area contributed by atoms with Crippen LogP contribution in [-0.4, -0.2) is 38.8 Å². The van der Waals surface area contributed by atoms with Crippen molar-refractivity contribution in [2.24, 2.45) is 0 Å². The summed E-state index contributed by atoms with van der Waals surface area (Å²) in [6.45, 7) is 2.16. The van der Waals surface area contributed by atoms with E-state index in [-0.39, 0.29) is 11.9 Å². The Kier molecular flexibility index (Phi) is 6.34. The summed E-state index contributed by atoms with van der Waals surface area (Å²) in [5.41, 5.74) is 0. The molecule has 1 heterocycles. The molecule has 1 aliphatic rings. The van der Waals surface area contributed by atoms with Crippen LogP contribution in [0.2, 0.25) is 0 Å². The van der Waals surface area contributed by atoms with Crippen molar-refractivity contribution < 1.29 is 14.3 Å². The molecule has 0 saturated carbocycles. The van der Waals surface area contributed by atoms with Gasteiger partial charge in [-0.3, -0.25) is 4.79 Å². The number of hydrogen-bond acceptors (Lipinski definition) is 4.